The molecule has 0 saturated heterocycles. The van der Waals surface area contributed by atoms with Gasteiger partial charge in [-0.2, -0.15) is 26.3 Å². The van der Waals surface area contributed by atoms with Crippen molar-refractivity contribution in [1.82, 2.24) is 10.3 Å². The van der Waals surface area contributed by atoms with E-state index >= 15 is 0 Å². The standard InChI is InChI=1S/C22H18F8N2/c1-2-13(11-31-10-12-6-14(23)8-15(24)7-12)17-9-19(22(28,29)30)32-20-16(17)4-3-5-18(20)21(25,26)27/h3-9,13,31H,2,10-11H2,1H3. The molecule has 0 amide bonds. The van der Waals surface area contributed by atoms with Gasteiger partial charge in [-0.1, -0.05) is 19.1 Å². The summed E-state index contributed by atoms with van der Waals surface area (Å²) in [5.74, 6) is -2.16. The van der Waals surface area contributed by atoms with Gasteiger partial charge in [0.15, 0.2) is 0 Å². The molecule has 0 radical (unpaired) electrons. The molecular formula is C22H18F8N2. The van der Waals surface area contributed by atoms with Crippen LogP contribution in [0.25, 0.3) is 10.9 Å². The summed E-state index contributed by atoms with van der Waals surface area (Å²) in [5, 5.41) is 2.89. The second kappa shape index (κ2) is 9.01. The van der Waals surface area contributed by atoms with E-state index < -0.39 is 46.7 Å². The third kappa shape index (κ3) is 5.35. The highest BCUT2D eigenvalue weighted by Gasteiger charge is 2.37. The molecule has 0 aliphatic carbocycles. The average Bonchev–Trinajstić information content (AvgIpc) is 2.68. The maximum atomic E-state index is 13.4. The molecule has 0 spiro atoms. The molecule has 0 aliphatic rings. The molecule has 2 nitrogen and oxygen atoms in total. The van der Waals surface area contributed by atoms with Gasteiger partial charge in [0.05, 0.1) is 11.1 Å². The number of hydrogen-bond acceptors (Lipinski definition) is 2. The Morgan fingerprint density at radius 2 is 1.56 bits per heavy atom. The van der Waals surface area contributed by atoms with Crippen molar-refractivity contribution in [2.45, 2.75) is 38.2 Å². The van der Waals surface area contributed by atoms with Gasteiger partial charge < -0.3 is 5.32 Å². The number of rotatable bonds is 6. The highest BCUT2D eigenvalue weighted by atomic mass is 19.4. The van der Waals surface area contributed by atoms with E-state index in [0.717, 1.165) is 24.3 Å². The summed E-state index contributed by atoms with van der Waals surface area (Å²) in [6.45, 7) is 1.77. The normalized spacial score (nSPS) is 13.5. The maximum absolute atomic E-state index is 13.4. The Morgan fingerprint density at radius 3 is 2.12 bits per heavy atom. The predicted molar refractivity (Wildman–Crippen MR) is 103 cm³/mol. The third-order valence-electron chi connectivity index (χ3n) is 5.04. The van der Waals surface area contributed by atoms with E-state index in [2.05, 4.69) is 10.3 Å². The Morgan fingerprint density at radius 1 is 0.906 bits per heavy atom. The molecule has 0 aliphatic heterocycles. The maximum Gasteiger partial charge on any atom is 0.433 e. The topological polar surface area (TPSA) is 24.9 Å². The third-order valence-corrected chi connectivity index (χ3v) is 5.04. The van der Waals surface area contributed by atoms with Gasteiger partial charge in [-0.3, -0.25) is 0 Å². The van der Waals surface area contributed by atoms with Gasteiger partial charge in [0.2, 0.25) is 0 Å². The summed E-state index contributed by atoms with van der Waals surface area (Å²) in [4.78, 5) is 3.29. The van der Waals surface area contributed by atoms with E-state index in [1.165, 1.54) is 6.07 Å². The van der Waals surface area contributed by atoms with Gasteiger partial charge in [0.25, 0.3) is 0 Å². The number of halogens is 8. The first-order chi connectivity index (χ1) is 14.9. The Hall–Kier alpha value is -2.75. The zero-order valence-electron chi connectivity index (χ0n) is 16.7. The summed E-state index contributed by atoms with van der Waals surface area (Å²) >= 11 is 0. The quantitative estimate of drug-likeness (QED) is 0.406. The number of aromatic nitrogens is 1. The number of pyridine rings is 1. The van der Waals surface area contributed by atoms with Crippen molar-refractivity contribution in [2.24, 2.45) is 0 Å². The highest BCUT2D eigenvalue weighted by Crippen LogP contribution is 2.39. The fraction of sp³-hybridized carbons (Fsp3) is 0.318. The molecule has 3 rings (SSSR count). The van der Waals surface area contributed by atoms with Gasteiger partial charge in [-0.15, -0.1) is 0 Å². The van der Waals surface area contributed by atoms with Gasteiger partial charge in [0.1, 0.15) is 17.3 Å². The van der Waals surface area contributed by atoms with Crippen molar-refractivity contribution in [3.8, 4) is 0 Å². The van der Waals surface area contributed by atoms with Crippen LogP contribution in [0.1, 0.15) is 41.6 Å². The molecule has 1 N–H and O–H groups in total. The molecule has 0 saturated carbocycles. The molecule has 1 atom stereocenters. The zero-order chi connectivity index (χ0) is 23.7. The van der Waals surface area contributed by atoms with Crippen molar-refractivity contribution in [3.05, 3.63) is 76.5 Å². The molecule has 172 valence electrons. The monoisotopic (exact) mass is 462 g/mol. The largest absolute Gasteiger partial charge is 0.433 e. The van der Waals surface area contributed by atoms with Crippen LogP contribution >= 0.6 is 0 Å². The van der Waals surface area contributed by atoms with Crippen LogP contribution in [-0.4, -0.2) is 11.5 Å². The molecule has 32 heavy (non-hydrogen) atoms. The number of benzene rings is 2. The lowest BCUT2D eigenvalue weighted by molar-refractivity contribution is -0.142. The van der Waals surface area contributed by atoms with Gasteiger partial charge in [0, 0.05) is 24.5 Å². The Bertz CT molecular complexity index is 1090. The van der Waals surface area contributed by atoms with Crippen LogP contribution in [0.3, 0.4) is 0 Å². The molecule has 1 aromatic heterocycles. The minimum absolute atomic E-state index is 0.0219. The van der Waals surface area contributed by atoms with Crippen LogP contribution < -0.4 is 5.32 Å². The second-order valence-corrected chi connectivity index (χ2v) is 7.31. The number of fused-ring (bicyclic) bond motifs is 1. The van der Waals surface area contributed by atoms with E-state index in [0.29, 0.717) is 18.6 Å². The fourth-order valence-corrected chi connectivity index (χ4v) is 3.56. The van der Waals surface area contributed by atoms with Gasteiger partial charge in [-0.05, 0) is 47.7 Å². The molecule has 3 aromatic rings. The van der Waals surface area contributed by atoms with Crippen molar-refractivity contribution in [1.29, 1.82) is 0 Å². The second-order valence-electron chi connectivity index (χ2n) is 7.31. The summed E-state index contributed by atoms with van der Waals surface area (Å²) in [6, 6.07) is 6.80. The zero-order valence-corrected chi connectivity index (χ0v) is 16.7. The predicted octanol–water partition coefficient (Wildman–Crippen LogP) is 6.83. The summed E-state index contributed by atoms with van der Waals surface area (Å²) < 4.78 is 107. The van der Waals surface area contributed by atoms with Crippen LogP contribution in [0.5, 0.6) is 0 Å². The van der Waals surface area contributed by atoms with E-state index in [1.807, 2.05) is 0 Å². The lowest BCUT2D eigenvalue weighted by Crippen LogP contribution is -2.22. The van der Waals surface area contributed by atoms with Crippen molar-refractivity contribution in [2.75, 3.05) is 6.54 Å². The molecule has 0 bridgehead atoms. The minimum Gasteiger partial charge on any atom is -0.312 e. The van der Waals surface area contributed by atoms with E-state index in [1.54, 1.807) is 6.92 Å². The molecule has 10 heteroatoms. The molecule has 1 unspecified atom stereocenters. The van der Waals surface area contributed by atoms with Crippen LogP contribution in [0, 0.1) is 11.6 Å². The Kier molecular flexibility index (Phi) is 6.73. The first-order valence-corrected chi connectivity index (χ1v) is 9.64. The number of hydrogen-bond donors (Lipinski definition) is 1. The Labute approximate surface area is 178 Å². The van der Waals surface area contributed by atoms with Crippen molar-refractivity contribution < 1.29 is 35.1 Å². The lowest BCUT2D eigenvalue weighted by atomic mass is 9.91. The lowest BCUT2D eigenvalue weighted by Gasteiger charge is -2.21. The van der Waals surface area contributed by atoms with Crippen LogP contribution in [0.2, 0.25) is 0 Å². The molecular weight excluding hydrogens is 444 g/mol. The number of para-hydroxylation sites is 1. The Balaban J connectivity index is 2.00. The summed E-state index contributed by atoms with van der Waals surface area (Å²) in [5.41, 5.74) is -3.08. The minimum atomic E-state index is -4.94. The summed E-state index contributed by atoms with van der Waals surface area (Å²) in [6.07, 6.45) is -9.51. The van der Waals surface area contributed by atoms with Crippen molar-refractivity contribution >= 4 is 10.9 Å². The molecule has 2 aromatic carbocycles. The average molecular weight is 462 g/mol. The fourth-order valence-electron chi connectivity index (χ4n) is 3.56. The van der Waals surface area contributed by atoms with Crippen LogP contribution in [0.4, 0.5) is 35.1 Å². The van der Waals surface area contributed by atoms with Gasteiger partial charge in [-0.25, -0.2) is 13.8 Å². The number of alkyl halides is 6. The molecule has 0 fully saturated rings. The number of nitrogens with zero attached hydrogens (tertiary/aromatic N) is 1. The highest BCUT2D eigenvalue weighted by molar-refractivity contribution is 5.86. The SMILES string of the molecule is CCC(CNCc1cc(F)cc(F)c1)c1cc(C(F)(F)F)nc2c(C(F)(F)F)cccc12. The first kappa shape index (κ1) is 23.9. The van der Waals surface area contributed by atoms with Crippen LogP contribution in [-0.2, 0) is 18.9 Å². The smallest absolute Gasteiger partial charge is 0.312 e. The van der Waals surface area contributed by atoms with E-state index in [-0.39, 0.29) is 29.6 Å². The van der Waals surface area contributed by atoms with Crippen LogP contribution in [0.15, 0.2) is 42.5 Å². The van der Waals surface area contributed by atoms with E-state index in [4.69, 9.17) is 0 Å². The molecule has 1 heterocycles. The van der Waals surface area contributed by atoms with Crippen molar-refractivity contribution in [3.63, 3.8) is 0 Å². The number of nitrogens with one attached hydrogen (secondary N) is 1. The van der Waals surface area contributed by atoms with Gasteiger partial charge >= 0.3 is 12.4 Å². The summed E-state index contributed by atoms with van der Waals surface area (Å²) in [7, 11) is 0. The van der Waals surface area contributed by atoms with E-state index in [9.17, 15) is 35.1 Å². The first-order valence-electron chi connectivity index (χ1n) is 9.64.